The molecule has 1 aliphatic carbocycles. The molecule has 57 heavy (non-hydrogen) atoms. The number of aliphatic hydroxyl groups excluding tert-OH is 2. The van der Waals surface area contributed by atoms with Crippen LogP contribution in [0.25, 0.3) is 11.2 Å². The third kappa shape index (κ3) is 13.2. The number of nitrogens with zero attached hydrogens (tertiary/aromatic N) is 4. The third-order valence-corrected chi connectivity index (χ3v) is 12.2. The molecular weight excluding hydrogens is 847 g/mol. The van der Waals surface area contributed by atoms with Gasteiger partial charge in [0, 0.05) is 37.1 Å². The summed E-state index contributed by atoms with van der Waals surface area (Å²) in [5.74, 6) is -1.54. The number of allylic oxidation sites excluding steroid dienone is 1. The first-order valence-corrected chi connectivity index (χ1v) is 22.3. The normalized spacial score (nSPS) is 23.0. The van der Waals surface area contributed by atoms with Gasteiger partial charge in [-0.25, -0.2) is 28.6 Å². The van der Waals surface area contributed by atoms with Crippen molar-refractivity contribution in [3.8, 4) is 0 Å². The van der Waals surface area contributed by atoms with Crippen molar-refractivity contribution < 1.29 is 85.3 Å². The van der Waals surface area contributed by atoms with Crippen molar-refractivity contribution in [1.29, 1.82) is 0 Å². The number of ether oxygens (including phenoxy) is 1. The lowest BCUT2D eigenvalue weighted by Gasteiger charge is -2.30. The number of nitrogen functional groups attached to an aromatic ring is 1. The second-order valence-corrected chi connectivity index (χ2v) is 18.4. The van der Waals surface area contributed by atoms with E-state index in [0.29, 0.717) is 19.3 Å². The summed E-state index contributed by atoms with van der Waals surface area (Å²) in [5.41, 5.74) is 4.38. The smallest absolute Gasteiger partial charge is 0.386 e. The summed E-state index contributed by atoms with van der Waals surface area (Å²) < 4.78 is 62.1. The van der Waals surface area contributed by atoms with Gasteiger partial charge in [0.05, 0.1) is 25.1 Å². The molecule has 3 heterocycles. The molecule has 10 N–H and O–H groups in total. The van der Waals surface area contributed by atoms with E-state index in [0.717, 1.165) is 29.0 Å². The SMILES string of the molecule is CC(C)(COP(=O)(O)OP(=O)(O)OC[C@H]1O[C@@H](n2cnc3c(N)ncnc32)[C@H](O)[C@@H]1OP(=O)(O)O)C(O)C(=O)NCCC(=O)NCCSC(=O)C1=CCCCC1=O. The van der Waals surface area contributed by atoms with Crippen LogP contribution in [0.5, 0.6) is 0 Å². The minimum absolute atomic E-state index is 0.0244. The number of carbonyl (C=O) groups excluding carboxylic acids is 4. The van der Waals surface area contributed by atoms with Gasteiger partial charge in [-0.2, -0.15) is 4.31 Å². The molecule has 2 aromatic heterocycles. The van der Waals surface area contributed by atoms with Crippen LogP contribution in [0.3, 0.4) is 0 Å². The van der Waals surface area contributed by atoms with Crippen LogP contribution in [0.2, 0.25) is 0 Å². The molecule has 1 saturated heterocycles. The molecule has 1 fully saturated rings. The lowest BCUT2D eigenvalue weighted by molar-refractivity contribution is -0.137. The molecule has 2 aliphatic rings. The molecule has 7 atom stereocenters. The van der Waals surface area contributed by atoms with Gasteiger partial charge in [0.15, 0.2) is 23.5 Å². The van der Waals surface area contributed by atoms with E-state index in [1.807, 2.05) is 0 Å². The number of carbonyl (C=O) groups is 4. The number of anilines is 1. The molecule has 2 aromatic rings. The molecule has 4 rings (SSSR count). The van der Waals surface area contributed by atoms with Crippen LogP contribution in [-0.2, 0) is 55.5 Å². The molecule has 0 radical (unpaired) electrons. The summed E-state index contributed by atoms with van der Waals surface area (Å²) in [6, 6.07) is 0. The average Bonchev–Trinajstić information content (AvgIpc) is 3.68. The Morgan fingerprint density at radius 3 is 2.47 bits per heavy atom. The number of phosphoric ester groups is 3. The number of fused-ring (bicyclic) bond motifs is 1. The van der Waals surface area contributed by atoms with E-state index in [9.17, 15) is 62.7 Å². The van der Waals surface area contributed by atoms with E-state index in [4.69, 9.17) is 19.5 Å². The van der Waals surface area contributed by atoms with Gasteiger partial charge in [-0.1, -0.05) is 31.7 Å². The van der Waals surface area contributed by atoms with Gasteiger partial charge >= 0.3 is 23.5 Å². The lowest BCUT2D eigenvalue weighted by atomic mass is 9.87. The van der Waals surface area contributed by atoms with Crippen molar-refractivity contribution in [2.75, 3.05) is 37.8 Å². The van der Waals surface area contributed by atoms with Crippen molar-refractivity contribution in [3.63, 3.8) is 0 Å². The molecule has 0 bridgehead atoms. The van der Waals surface area contributed by atoms with Gasteiger partial charge in [-0.15, -0.1) is 0 Å². The molecule has 3 unspecified atom stereocenters. The van der Waals surface area contributed by atoms with E-state index in [-0.39, 0.29) is 58.7 Å². The Balaban J connectivity index is 1.23. The zero-order valence-corrected chi connectivity index (χ0v) is 33.7. The van der Waals surface area contributed by atoms with E-state index in [1.54, 1.807) is 6.08 Å². The summed E-state index contributed by atoms with van der Waals surface area (Å²) >= 11 is 0.891. The van der Waals surface area contributed by atoms with Gasteiger partial charge in [0.25, 0.3) is 0 Å². The number of phosphoric acid groups is 3. The highest BCUT2D eigenvalue weighted by atomic mass is 32.2. The number of imidazole rings is 1. The first kappa shape index (κ1) is 46.7. The number of hydrogen-bond acceptors (Lipinski definition) is 19. The van der Waals surface area contributed by atoms with Crippen LogP contribution in [0.1, 0.15) is 45.8 Å². The topological polar surface area (TPSA) is 381 Å². The Bertz CT molecular complexity index is 2000. The van der Waals surface area contributed by atoms with E-state index in [1.165, 1.54) is 13.8 Å². The van der Waals surface area contributed by atoms with E-state index in [2.05, 4.69) is 34.4 Å². The maximum atomic E-state index is 12.7. The van der Waals surface area contributed by atoms with Gasteiger partial charge in [0.1, 0.15) is 36.3 Å². The van der Waals surface area contributed by atoms with Crippen molar-refractivity contribution in [1.82, 2.24) is 30.2 Å². The van der Waals surface area contributed by atoms with Gasteiger partial charge in [0.2, 0.25) is 16.9 Å². The molecule has 318 valence electrons. The molecule has 0 spiro atoms. The fourth-order valence-electron chi connectivity index (χ4n) is 5.31. The zero-order chi connectivity index (χ0) is 42.3. The minimum atomic E-state index is -5.58. The fraction of sp³-hybridized carbons (Fsp3) is 0.607. The summed E-state index contributed by atoms with van der Waals surface area (Å²) in [6.07, 6.45) is -3.76. The maximum Gasteiger partial charge on any atom is 0.481 e. The van der Waals surface area contributed by atoms with Crippen LogP contribution < -0.4 is 16.4 Å². The maximum absolute atomic E-state index is 12.7. The number of aromatic nitrogens is 4. The van der Waals surface area contributed by atoms with Gasteiger partial charge in [-0.3, -0.25) is 37.3 Å². The van der Waals surface area contributed by atoms with E-state index < -0.39 is 84.6 Å². The lowest BCUT2D eigenvalue weighted by Crippen LogP contribution is -2.46. The molecule has 25 nitrogen and oxygen atoms in total. The molecule has 2 amide bonds. The Hall–Kier alpha value is -3.03. The highest BCUT2D eigenvalue weighted by Crippen LogP contribution is 2.61. The monoisotopic (exact) mass is 889 g/mol. The second-order valence-electron chi connectivity index (χ2n) is 13.1. The van der Waals surface area contributed by atoms with Crippen LogP contribution in [0.4, 0.5) is 5.82 Å². The number of Topliss-reactive ketones (excluding diaryl/α,β-unsaturated/α-hetero) is 1. The van der Waals surface area contributed by atoms with E-state index >= 15 is 0 Å². The van der Waals surface area contributed by atoms with Crippen molar-refractivity contribution in [3.05, 3.63) is 24.3 Å². The van der Waals surface area contributed by atoms with Gasteiger partial charge in [-0.05, 0) is 12.8 Å². The molecule has 0 saturated carbocycles. The Kier molecular flexibility index (Phi) is 15.8. The summed E-state index contributed by atoms with van der Waals surface area (Å²) in [6.45, 7) is 0.296. The fourth-order valence-corrected chi connectivity index (χ4v) is 8.88. The predicted molar refractivity (Wildman–Crippen MR) is 194 cm³/mol. The molecule has 1 aliphatic heterocycles. The summed E-state index contributed by atoms with van der Waals surface area (Å²) in [4.78, 5) is 99.7. The van der Waals surface area contributed by atoms with Crippen LogP contribution in [0, 0.1) is 5.41 Å². The molecule has 0 aromatic carbocycles. The summed E-state index contributed by atoms with van der Waals surface area (Å²) in [7, 11) is -16.4. The number of nitrogens with one attached hydrogen (secondary N) is 2. The Morgan fingerprint density at radius 2 is 1.79 bits per heavy atom. The third-order valence-electron chi connectivity index (χ3n) is 8.21. The second kappa shape index (κ2) is 19.4. The number of ketones is 1. The predicted octanol–water partition coefficient (Wildman–Crippen LogP) is -0.656. The highest BCUT2D eigenvalue weighted by Gasteiger charge is 2.50. The number of hydrogen-bond donors (Lipinski definition) is 9. The van der Waals surface area contributed by atoms with Gasteiger partial charge < -0.3 is 50.9 Å². The Labute approximate surface area is 327 Å². The first-order valence-electron chi connectivity index (χ1n) is 16.8. The summed E-state index contributed by atoms with van der Waals surface area (Å²) in [5, 5.41) is 25.9. The van der Waals surface area contributed by atoms with Crippen LogP contribution in [-0.4, -0.2) is 128 Å². The number of thioether (sulfide) groups is 1. The number of nitrogens with two attached hydrogens (primary N) is 1. The zero-order valence-electron chi connectivity index (χ0n) is 30.2. The number of rotatable bonds is 20. The molecular formula is C28H42N7O18P3S. The minimum Gasteiger partial charge on any atom is -0.386 e. The number of aliphatic hydroxyl groups is 2. The van der Waals surface area contributed by atoms with Crippen molar-refractivity contribution in [2.45, 2.75) is 70.2 Å². The van der Waals surface area contributed by atoms with Crippen molar-refractivity contribution in [2.24, 2.45) is 5.41 Å². The Morgan fingerprint density at radius 1 is 1.09 bits per heavy atom. The quantitative estimate of drug-likeness (QED) is 0.0453. The average molecular weight is 890 g/mol. The molecule has 29 heteroatoms. The number of amides is 2. The van der Waals surface area contributed by atoms with Crippen LogP contribution >= 0.6 is 35.2 Å². The van der Waals surface area contributed by atoms with Crippen LogP contribution in [0.15, 0.2) is 24.3 Å². The highest BCUT2D eigenvalue weighted by molar-refractivity contribution is 8.14. The van der Waals surface area contributed by atoms with Crippen molar-refractivity contribution >= 4 is 74.9 Å². The largest absolute Gasteiger partial charge is 0.481 e. The standard InChI is InChI=1S/C28H42N7O18P3S/c1-28(2,22(39)25(40)31-8-7-18(37)30-9-10-57-27(41)15-5-3-4-6-16(15)36)12-50-56(47,48)53-55(45,46)49-11-17-21(52-54(42,43)44)20(38)26(51-17)35-14-34-19-23(29)32-13-33-24(19)35/h5,13-14,17,20-22,26,38-39H,3-4,6-12H2,1-2H3,(H,30,37)(H,31,40)(H,45,46)(H,47,48)(H2,29,32,33)(H2,42,43,44)/t17-,20-,21-,22?,26-/m1/s1. The first-order chi connectivity index (χ1) is 26.5.